The second-order valence-electron chi connectivity index (χ2n) is 3.48. The van der Waals surface area contributed by atoms with Crippen LogP contribution in [0.5, 0.6) is 0 Å². The molecule has 0 saturated carbocycles. The molecule has 0 spiro atoms. The number of hydrogen-bond donors (Lipinski definition) is 2. The molecule has 0 aliphatic heterocycles. The number of carboxylic acid groups (broad SMARTS) is 2. The molecule has 0 bridgehead atoms. The topological polar surface area (TPSA) is 74.6 Å². The van der Waals surface area contributed by atoms with Gasteiger partial charge in [-0.2, -0.15) is 0 Å². The van der Waals surface area contributed by atoms with E-state index in [0.717, 1.165) is 0 Å². The SMILES string of the molecule is CC(C)(C)C(C(=O)O)C(=O)O.[H-].[Na+]. The van der Waals surface area contributed by atoms with Crippen molar-refractivity contribution in [3.05, 3.63) is 0 Å². The Bertz CT molecular complexity index is 173. The third-order valence-corrected chi connectivity index (χ3v) is 1.36. The molecule has 0 amide bonds. The molecule has 0 unspecified atom stereocenters. The number of carboxylic acids is 2. The maximum absolute atomic E-state index is 10.4. The molecule has 5 heteroatoms. The van der Waals surface area contributed by atoms with Crippen LogP contribution < -0.4 is 29.6 Å². The van der Waals surface area contributed by atoms with Crippen LogP contribution in [0.15, 0.2) is 0 Å². The van der Waals surface area contributed by atoms with Crippen molar-refractivity contribution in [3.63, 3.8) is 0 Å². The van der Waals surface area contributed by atoms with Crippen LogP contribution in [0.1, 0.15) is 22.2 Å². The average molecular weight is 184 g/mol. The molecule has 0 rings (SSSR count). The fraction of sp³-hybridized carbons (Fsp3) is 0.714. The molecule has 0 saturated heterocycles. The fourth-order valence-corrected chi connectivity index (χ4v) is 0.846. The normalized spacial score (nSPS) is 10.7. The van der Waals surface area contributed by atoms with Crippen molar-refractivity contribution in [2.45, 2.75) is 20.8 Å². The molecule has 0 aromatic carbocycles. The molecule has 0 fully saturated rings. The van der Waals surface area contributed by atoms with Crippen LogP contribution in [0.25, 0.3) is 0 Å². The minimum Gasteiger partial charge on any atom is -1.00 e. The van der Waals surface area contributed by atoms with Crippen molar-refractivity contribution in [3.8, 4) is 0 Å². The zero-order valence-electron chi connectivity index (χ0n) is 8.79. The summed E-state index contributed by atoms with van der Waals surface area (Å²) < 4.78 is 0. The molecule has 0 atom stereocenters. The third kappa shape index (κ3) is 4.09. The van der Waals surface area contributed by atoms with E-state index < -0.39 is 23.3 Å². The third-order valence-electron chi connectivity index (χ3n) is 1.36. The first-order valence-corrected chi connectivity index (χ1v) is 3.22. The second-order valence-corrected chi connectivity index (χ2v) is 3.48. The molecule has 66 valence electrons. The molecule has 0 aliphatic rings. The van der Waals surface area contributed by atoms with Gasteiger partial charge in [-0.3, -0.25) is 9.59 Å². The number of hydrogen-bond acceptors (Lipinski definition) is 2. The van der Waals surface area contributed by atoms with E-state index in [0.29, 0.717) is 0 Å². The van der Waals surface area contributed by atoms with Crippen LogP contribution in [0.3, 0.4) is 0 Å². The van der Waals surface area contributed by atoms with Crippen molar-refractivity contribution >= 4 is 11.9 Å². The van der Waals surface area contributed by atoms with E-state index >= 15 is 0 Å². The summed E-state index contributed by atoms with van der Waals surface area (Å²) in [4.78, 5) is 20.8. The first-order chi connectivity index (χ1) is 4.76. The molecular formula is C7H13NaO4. The van der Waals surface area contributed by atoms with Crippen LogP contribution in [0, 0.1) is 11.3 Å². The van der Waals surface area contributed by atoms with Crippen molar-refractivity contribution in [1.29, 1.82) is 0 Å². The molecule has 0 heterocycles. The van der Waals surface area contributed by atoms with Crippen molar-refractivity contribution in [1.82, 2.24) is 0 Å². The summed E-state index contributed by atoms with van der Waals surface area (Å²) in [6, 6.07) is 0. The van der Waals surface area contributed by atoms with Gasteiger partial charge in [0.05, 0.1) is 0 Å². The Morgan fingerprint density at radius 1 is 1.17 bits per heavy atom. The first-order valence-electron chi connectivity index (χ1n) is 3.22. The average Bonchev–Trinajstić information content (AvgIpc) is 1.54. The Morgan fingerprint density at radius 2 is 1.42 bits per heavy atom. The Labute approximate surface area is 94.7 Å². The number of aliphatic carboxylic acids is 2. The molecule has 4 nitrogen and oxygen atoms in total. The Hall–Kier alpha value is -0.0600. The van der Waals surface area contributed by atoms with E-state index in [1.807, 2.05) is 0 Å². The van der Waals surface area contributed by atoms with Gasteiger partial charge in [-0.25, -0.2) is 0 Å². The van der Waals surface area contributed by atoms with Gasteiger partial charge in [-0.05, 0) is 5.41 Å². The predicted octanol–water partition coefficient (Wildman–Crippen LogP) is -2.07. The maximum atomic E-state index is 10.4. The van der Waals surface area contributed by atoms with E-state index in [1.54, 1.807) is 20.8 Å². The van der Waals surface area contributed by atoms with E-state index in [1.165, 1.54) is 0 Å². The van der Waals surface area contributed by atoms with Gasteiger partial charge in [0, 0.05) is 0 Å². The fourth-order valence-electron chi connectivity index (χ4n) is 0.846. The smallest absolute Gasteiger partial charge is 1.00 e. The van der Waals surface area contributed by atoms with Crippen LogP contribution in [0.2, 0.25) is 0 Å². The molecule has 0 aliphatic carbocycles. The summed E-state index contributed by atoms with van der Waals surface area (Å²) in [5.74, 6) is -3.91. The predicted molar refractivity (Wildman–Crippen MR) is 39.3 cm³/mol. The van der Waals surface area contributed by atoms with Crippen molar-refractivity contribution < 1.29 is 50.8 Å². The number of rotatable bonds is 2. The minimum atomic E-state index is -1.33. The standard InChI is InChI=1S/C7H12O4.Na.H/c1-7(2,3)4(5(8)9)6(10)11;;/h4H,1-3H3,(H,8,9)(H,10,11);;/q;+1;-1. The monoisotopic (exact) mass is 184 g/mol. The van der Waals surface area contributed by atoms with Gasteiger partial charge < -0.3 is 11.6 Å². The molecule has 0 aromatic heterocycles. The molecular weight excluding hydrogens is 171 g/mol. The molecule has 0 radical (unpaired) electrons. The van der Waals surface area contributed by atoms with Crippen LogP contribution in [-0.4, -0.2) is 22.2 Å². The summed E-state index contributed by atoms with van der Waals surface area (Å²) in [6.07, 6.45) is 0. The van der Waals surface area contributed by atoms with Crippen molar-refractivity contribution in [2.75, 3.05) is 0 Å². The van der Waals surface area contributed by atoms with Gasteiger partial charge in [0.2, 0.25) is 0 Å². The van der Waals surface area contributed by atoms with Gasteiger partial charge >= 0.3 is 41.5 Å². The van der Waals surface area contributed by atoms with Gasteiger partial charge in [-0.15, -0.1) is 0 Å². The van der Waals surface area contributed by atoms with E-state index in [9.17, 15) is 9.59 Å². The van der Waals surface area contributed by atoms with Gasteiger partial charge in [-0.1, -0.05) is 20.8 Å². The largest absolute Gasteiger partial charge is 1.00 e. The van der Waals surface area contributed by atoms with Crippen molar-refractivity contribution in [2.24, 2.45) is 11.3 Å². The van der Waals surface area contributed by atoms with E-state index in [-0.39, 0.29) is 31.0 Å². The van der Waals surface area contributed by atoms with Gasteiger partial charge in [0.1, 0.15) is 0 Å². The summed E-state index contributed by atoms with van der Waals surface area (Å²) in [6.45, 7) is 4.75. The zero-order valence-corrected chi connectivity index (χ0v) is 9.79. The van der Waals surface area contributed by atoms with Crippen LogP contribution >= 0.6 is 0 Å². The first kappa shape index (κ1) is 14.5. The quantitative estimate of drug-likeness (QED) is 0.382. The summed E-state index contributed by atoms with van der Waals surface area (Å²) in [7, 11) is 0. The molecule has 12 heavy (non-hydrogen) atoms. The van der Waals surface area contributed by atoms with Gasteiger partial charge in [0.15, 0.2) is 5.92 Å². The zero-order chi connectivity index (χ0) is 9.23. The van der Waals surface area contributed by atoms with Gasteiger partial charge in [0.25, 0.3) is 0 Å². The number of carbonyl (C=O) groups is 2. The summed E-state index contributed by atoms with van der Waals surface area (Å²) in [5.41, 5.74) is -0.738. The Morgan fingerprint density at radius 3 is 1.42 bits per heavy atom. The van der Waals surface area contributed by atoms with E-state index in [4.69, 9.17) is 10.2 Å². The Kier molecular flexibility index (Phi) is 5.84. The second kappa shape index (κ2) is 4.84. The van der Waals surface area contributed by atoms with Crippen LogP contribution in [0.4, 0.5) is 0 Å². The molecule has 0 aromatic rings. The van der Waals surface area contributed by atoms with Crippen LogP contribution in [-0.2, 0) is 9.59 Å². The van der Waals surface area contributed by atoms with E-state index in [2.05, 4.69) is 0 Å². The maximum Gasteiger partial charge on any atom is 1.00 e. The summed E-state index contributed by atoms with van der Waals surface area (Å²) >= 11 is 0. The minimum absolute atomic E-state index is 0. The summed E-state index contributed by atoms with van der Waals surface area (Å²) in [5, 5.41) is 17.0. The Balaban J connectivity index is -0.000000500. The molecule has 2 N–H and O–H groups in total.